The molecule has 0 aliphatic carbocycles. The third-order valence-electron chi connectivity index (χ3n) is 4.69. The summed E-state index contributed by atoms with van der Waals surface area (Å²) in [4.78, 5) is 12.9. The quantitative estimate of drug-likeness (QED) is 0.431. The zero-order valence-corrected chi connectivity index (χ0v) is 17.3. The van der Waals surface area contributed by atoms with E-state index in [-0.39, 0.29) is 16.4 Å². The summed E-state index contributed by atoms with van der Waals surface area (Å²) in [6.07, 6.45) is 0. The molecule has 0 aliphatic rings. The van der Waals surface area contributed by atoms with Gasteiger partial charge in [-0.05, 0) is 42.0 Å². The third-order valence-corrected chi connectivity index (χ3v) is 6.07. The topological polar surface area (TPSA) is 75.3 Å². The van der Waals surface area contributed by atoms with Crippen molar-refractivity contribution in [2.24, 2.45) is 0 Å². The molecular weight excluding hydrogens is 408 g/mol. The van der Waals surface area contributed by atoms with E-state index in [0.717, 1.165) is 11.1 Å². The fourth-order valence-corrected chi connectivity index (χ4v) is 4.28. The summed E-state index contributed by atoms with van der Waals surface area (Å²) in [6, 6.07) is 31.8. The van der Waals surface area contributed by atoms with Gasteiger partial charge in [0.2, 0.25) is 0 Å². The Balaban J connectivity index is 1.59. The number of amides is 1. The number of carbonyl (C=O) groups is 1. The summed E-state index contributed by atoms with van der Waals surface area (Å²) in [6.45, 7) is 0. The summed E-state index contributed by atoms with van der Waals surface area (Å²) in [5.41, 5.74) is 3.20. The molecule has 0 saturated carbocycles. The summed E-state index contributed by atoms with van der Waals surface area (Å²) < 4.78 is 28.0. The van der Waals surface area contributed by atoms with Crippen LogP contribution in [0.4, 0.5) is 11.4 Å². The van der Waals surface area contributed by atoms with E-state index in [9.17, 15) is 13.2 Å². The van der Waals surface area contributed by atoms with Crippen molar-refractivity contribution in [2.75, 3.05) is 10.0 Å². The average Bonchev–Trinajstić information content (AvgIpc) is 2.80. The number of para-hydroxylation sites is 2. The van der Waals surface area contributed by atoms with Crippen molar-refractivity contribution < 1.29 is 13.2 Å². The molecule has 0 radical (unpaired) electrons. The molecule has 0 aliphatic heterocycles. The molecule has 0 aromatic heterocycles. The van der Waals surface area contributed by atoms with E-state index in [0.29, 0.717) is 11.4 Å². The van der Waals surface area contributed by atoms with Crippen molar-refractivity contribution in [1.29, 1.82) is 0 Å². The van der Waals surface area contributed by atoms with Crippen LogP contribution in [0.15, 0.2) is 114 Å². The molecule has 31 heavy (non-hydrogen) atoms. The van der Waals surface area contributed by atoms with Gasteiger partial charge in [-0.25, -0.2) is 8.42 Å². The first-order valence-electron chi connectivity index (χ1n) is 9.67. The van der Waals surface area contributed by atoms with E-state index in [1.807, 2.05) is 54.6 Å². The number of rotatable bonds is 6. The highest BCUT2D eigenvalue weighted by molar-refractivity contribution is 7.92. The summed E-state index contributed by atoms with van der Waals surface area (Å²) in [5.74, 6) is -0.389. The molecule has 4 aromatic carbocycles. The second-order valence-corrected chi connectivity index (χ2v) is 8.55. The van der Waals surface area contributed by atoms with Gasteiger partial charge in [-0.1, -0.05) is 72.8 Å². The van der Waals surface area contributed by atoms with Crippen LogP contribution in [-0.4, -0.2) is 14.3 Å². The first-order chi connectivity index (χ1) is 15.0. The highest BCUT2D eigenvalue weighted by Gasteiger charge is 2.17. The Hall–Kier alpha value is -3.90. The van der Waals surface area contributed by atoms with E-state index in [4.69, 9.17) is 0 Å². The molecule has 5 nitrogen and oxygen atoms in total. The van der Waals surface area contributed by atoms with Crippen molar-refractivity contribution in [3.8, 4) is 11.1 Å². The van der Waals surface area contributed by atoms with Crippen LogP contribution in [0.25, 0.3) is 11.1 Å². The lowest BCUT2D eigenvalue weighted by Crippen LogP contribution is -2.16. The van der Waals surface area contributed by atoms with Crippen LogP contribution < -0.4 is 10.0 Å². The Morgan fingerprint density at radius 1 is 0.677 bits per heavy atom. The summed E-state index contributed by atoms with van der Waals surface area (Å²) in [5, 5.41) is 2.90. The Morgan fingerprint density at radius 3 is 2.06 bits per heavy atom. The average molecular weight is 429 g/mol. The van der Waals surface area contributed by atoms with Gasteiger partial charge in [-0.2, -0.15) is 0 Å². The van der Waals surface area contributed by atoms with Gasteiger partial charge in [0.25, 0.3) is 15.9 Å². The summed E-state index contributed by atoms with van der Waals surface area (Å²) in [7, 11) is -3.82. The Labute approximate surface area is 181 Å². The number of sulfonamides is 1. The number of nitrogens with one attached hydrogen (secondary N) is 2. The Bertz CT molecular complexity index is 1300. The number of hydrogen-bond acceptors (Lipinski definition) is 3. The van der Waals surface area contributed by atoms with Gasteiger partial charge >= 0.3 is 0 Å². The lowest BCUT2D eigenvalue weighted by Gasteiger charge is -2.12. The molecular formula is C25H20N2O3S. The van der Waals surface area contributed by atoms with Gasteiger partial charge in [-0.3, -0.25) is 9.52 Å². The first kappa shape index (κ1) is 20.4. The summed E-state index contributed by atoms with van der Waals surface area (Å²) >= 11 is 0. The molecule has 0 unspecified atom stereocenters. The molecule has 0 saturated heterocycles. The first-order valence-corrected chi connectivity index (χ1v) is 11.1. The smallest absolute Gasteiger partial charge is 0.261 e. The zero-order chi connectivity index (χ0) is 21.7. The highest BCUT2D eigenvalue weighted by atomic mass is 32.2. The van der Waals surface area contributed by atoms with Gasteiger partial charge in [0.05, 0.1) is 4.90 Å². The van der Waals surface area contributed by atoms with Crippen LogP contribution >= 0.6 is 0 Å². The van der Waals surface area contributed by atoms with E-state index < -0.39 is 10.0 Å². The largest absolute Gasteiger partial charge is 0.321 e. The monoisotopic (exact) mass is 428 g/mol. The lowest BCUT2D eigenvalue weighted by molar-refractivity contribution is 0.102. The minimum Gasteiger partial charge on any atom is -0.321 e. The van der Waals surface area contributed by atoms with Crippen LogP contribution in [0.5, 0.6) is 0 Å². The second-order valence-electron chi connectivity index (χ2n) is 6.87. The lowest BCUT2D eigenvalue weighted by atomic mass is 10.0. The molecule has 1 amide bonds. The number of benzene rings is 4. The predicted octanol–water partition coefficient (Wildman–Crippen LogP) is 5.41. The van der Waals surface area contributed by atoms with E-state index in [2.05, 4.69) is 10.0 Å². The zero-order valence-electron chi connectivity index (χ0n) is 16.5. The Morgan fingerprint density at radius 2 is 1.32 bits per heavy atom. The van der Waals surface area contributed by atoms with Crippen molar-refractivity contribution in [1.82, 2.24) is 0 Å². The second kappa shape index (κ2) is 8.85. The van der Waals surface area contributed by atoms with Crippen molar-refractivity contribution in [2.45, 2.75) is 4.90 Å². The SMILES string of the molecule is O=C(Nc1ccccc1-c1ccccc1)c1cccc(S(=O)(=O)Nc2ccccc2)c1. The molecule has 0 spiro atoms. The maximum absolute atomic E-state index is 12.9. The Kier molecular flexibility index (Phi) is 5.82. The van der Waals surface area contributed by atoms with Crippen LogP contribution in [0, 0.1) is 0 Å². The molecule has 6 heteroatoms. The van der Waals surface area contributed by atoms with Gasteiger partial charge < -0.3 is 5.32 Å². The van der Waals surface area contributed by atoms with Crippen LogP contribution in [0.3, 0.4) is 0 Å². The van der Waals surface area contributed by atoms with Crippen molar-refractivity contribution in [3.05, 3.63) is 115 Å². The fourth-order valence-electron chi connectivity index (χ4n) is 3.18. The molecule has 2 N–H and O–H groups in total. The molecule has 4 aromatic rings. The van der Waals surface area contributed by atoms with Crippen LogP contribution in [0.1, 0.15) is 10.4 Å². The molecule has 154 valence electrons. The molecule has 4 rings (SSSR count). The predicted molar refractivity (Wildman–Crippen MR) is 124 cm³/mol. The van der Waals surface area contributed by atoms with E-state index >= 15 is 0 Å². The number of anilines is 2. The number of hydrogen-bond donors (Lipinski definition) is 2. The standard InChI is InChI=1S/C25H20N2O3S/c28-25(26-24-17-8-7-16-23(24)19-10-3-1-4-11-19)20-12-9-15-22(18-20)31(29,30)27-21-13-5-2-6-14-21/h1-18,27H,(H,26,28). The molecule has 0 fully saturated rings. The highest BCUT2D eigenvalue weighted by Crippen LogP contribution is 2.28. The van der Waals surface area contributed by atoms with Crippen LogP contribution in [0.2, 0.25) is 0 Å². The van der Waals surface area contributed by atoms with Gasteiger partial charge in [0.1, 0.15) is 0 Å². The molecule has 0 bridgehead atoms. The van der Waals surface area contributed by atoms with Crippen LogP contribution in [-0.2, 0) is 10.0 Å². The maximum Gasteiger partial charge on any atom is 0.261 e. The number of carbonyl (C=O) groups excluding carboxylic acids is 1. The minimum atomic E-state index is -3.82. The normalized spacial score (nSPS) is 11.0. The van der Waals surface area contributed by atoms with E-state index in [1.165, 1.54) is 12.1 Å². The fraction of sp³-hybridized carbons (Fsp3) is 0. The minimum absolute atomic E-state index is 0.0142. The van der Waals surface area contributed by atoms with Gasteiger partial charge in [0, 0.05) is 22.5 Å². The van der Waals surface area contributed by atoms with E-state index in [1.54, 1.807) is 42.5 Å². The van der Waals surface area contributed by atoms with Gasteiger partial charge in [-0.15, -0.1) is 0 Å². The molecule has 0 atom stereocenters. The maximum atomic E-state index is 12.9. The third kappa shape index (κ3) is 4.82. The van der Waals surface area contributed by atoms with Crippen molar-refractivity contribution in [3.63, 3.8) is 0 Å². The van der Waals surface area contributed by atoms with Gasteiger partial charge in [0.15, 0.2) is 0 Å². The molecule has 0 heterocycles. The van der Waals surface area contributed by atoms with Crippen molar-refractivity contribution >= 4 is 27.3 Å².